The third-order valence-corrected chi connectivity index (χ3v) is 3.70. The number of nitrogens with zero attached hydrogens (tertiary/aromatic N) is 3. The van der Waals surface area contributed by atoms with E-state index in [-0.39, 0.29) is 11.5 Å². The van der Waals surface area contributed by atoms with Crippen molar-refractivity contribution in [2.45, 2.75) is 30.8 Å². The molecular formula is C9H15N5. The number of aromatic nitrogens is 3. The smallest absolute Gasteiger partial charge is 0.0731 e. The molecule has 0 amide bonds. The Kier molecular flexibility index (Phi) is 1.66. The van der Waals surface area contributed by atoms with Gasteiger partial charge in [0.05, 0.1) is 18.4 Å². The minimum absolute atomic E-state index is 0.148. The molecule has 5 heteroatoms. The first kappa shape index (κ1) is 8.38. The number of nitrogens with two attached hydrogens (primary N) is 1. The molecule has 1 aromatic heterocycles. The van der Waals surface area contributed by atoms with Crippen molar-refractivity contribution in [1.82, 2.24) is 20.3 Å². The summed E-state index contributed by atoms with van der Waals surface area (Å²) >= 11 is 0. The van der Waals surface area contributed by atoms with Crippen molar-refractivity contribution in [3.63, 3.8) is 0 Å². The number of hydrogen-bond donors (Lipinski definition) is 2. The molecule has 1 fully saturated rings. The average molecular weight is 193 g/mol. The van der Waals surface area contributed by atoms with E-state index in [1.54, 1.807) is 0 Å². The van der Waals surface area contributed by atoms with E-state index in [1.807, 2.05) is 10.9 Å². The molecule has 1 spiro atoms. The Morgan fingerprint density at radius 2 is 2.29 bits per heavy atom. The highest BCUT2D eigenvalue weighted by Crippen LogP contribution is 2.40. The lowest BCUT2D eigenvalue weighted by molar-refractivity contribution is 0.272. The SMILES string of the molecule is N[C@@H]1Cn2nncc2C12CCNCC2. The zero-order valence-electron chi connectivity index (χ0n) is 8.11. The monoisotopic (exact) mass is 193 g/mol. The van der Waals surface area contributed by atoms with Crippen LogP contribution in [0.4, 0.5) is 0 Å². The fourth-order valence-corrected chi connectivity index (χ4v) is 2.83. The highest BCUT2D eigenvalue weighted by molar-refractivity contribution is 5.23. The molecule has 3 N–H and O–H groups in total. The highest BCUT2D eigenvalue weighted by Gasteiger charge is 2.46. The van der Waals surface area contributed by atoms with Crippen LogP contribution in [0.2, 0.25) is 0 Å². The highest BCUT2D eigenvalue weighted by atomic mass is 15.4. The first-order chi connectivity index (χ1) is 6.83. The molecule has 0 radical (unpaired) electrons. The van der Waals surface area contributed by atoms with Crippen LogP contribution < -0.4 is 11.1 Å². The Morgan fingerprint density at radius 3 is 3.07 bits per heavy atom. The van der Waals surface area contributed by atoms with Crippen molar-refractivity contribution >= 4 is 0 Å². The topological polar surface area (TPSA) is 68.8 Å². The minimum Gasteiger partial charge on any atom is -0.325 e. The summed E-state index contributed by atoms with van der Waals surface area (Å²) in [4.78, 5) is 0. The summed E-state index contributed by atoms with van der Waals surface area (Å²) in [6.45, 7) is 2.94. The molecule has 0 aromatic carbocycles. The maximum absolute atomic E-state index is 6.22. The van der Waals surface area contributed by atoms with Crippen molar-refractivity contribution in [2.75, 3.05) is 13.1 Å². The summed E-state index contributed by atoms with van der Waals surface area (Å²) < 4.78 is 1.97. The lowest BCUT2D eigenvalue weighted by atomic mass is 9.73. The molecule has 2 aliphatic rings. The average Bonchev–Trinajstić information content (AvgIpc) is 2.74. The van der Waals surface area contributed by atoms with Gasteiger partial charge in [0.1, 0.15) is 0 Å². The van der Waals surface area contributed by atoms with E-state index in [4.69, 9.17) is 5.73 Å². The van der Waals surface area contributed by atoms with Crippen molar-refractivity contribution in [2.24, 2.45) is 5.73 Å². The van der Waals surface area contributed by atoms with Crippen LogP contribution in [0, 0.1) is 0 Å². The van der Waals surface area contributed by atoms with Gasteiger partial charge in [-0.1, -0.05) is 5.21 Å². The fourth-order valence-electron chi connectivity index (χ4n) is 2.83. The van der Waals surface area contributed by atoms with Gasteiger partial charge in [0.25, 0.3) is 0 Å². The van der Waals surface area contributed by atoms with Crippen molar-refractivity contribution in [1.29, 1.82) is 0 Å². The predicted octanol–water partition coefficient (Wildman–Crippen LogP) is -0.760. The van der Waals surface area contributed by atoms with E-state index in [0.717, 1.165) is 32.5 Å². The molecule has 0 unspecified atom stereocenters. The number of hydrogen-bond acceptors (Lipinski definition) is 4. The zero-order chi connectivity index (χ0) is 9.60. The lowest BCUT2D eigenvalue weighted by Crippen LogP contribution is -2.49. The molecule has 1 atom stereocenters. The second-order valence-corrected chi connectivity index (χ2v) is 4.31. The third-order valence-electron chi connectivity index (χ3n) is 3.70. The molecule has 3 rings (SSSR count). The van der Waals surface area contributed by atoms with Crippen molar-refractivity contribution < 1.29 is 0 Å². The molecule has 5 nitrogen and oxygen atoms in total. The van der Waals surface area contributed by atoms with Crippen LogP contribution in [-0.4, -0.2) is 34.1 Å². The normalized spacial score (nSPS) is 29.4. The van der Waals surface area contributed by atoms with E-state index >= 15 is 0 Å². The predicted molar refractivity (Wildman–Crippen MR) is 51.8 cm³/mol. The molecule has 0 saturated carbocycles. The van der Waals surface area contributed by atoms with Gasteiger partial charge in [-0.3, -0.25) is 0 Å². The Balaban J connectivity index is 2.05. The number of rotatable bonds is 0. The van der Waals surface area contributed by atoms with Crippen LogP contribution in [0.5, 0.6) is 0 Å². The van der Waals surface area contributed by atoms with Gasteiger partial charge < -0.3 is 11.1 Å². The molecule has 76 valence electrons. The van der Waals surface area contributed by atoms with Gasteiger partial charge in [-0.25, -0.2) is 4.68 Å². The molecule has 14 heavy (non-hydrogen) atoms. The van der Waals surface area contributed by atoms with Crippen molar-refractivity contribution in [3.8, 4) is 0 Å². The summed E-state index contributed by atoms with van der Waals surface area (Å²) in [5, 5.41) is 11.4. The summed E-state index contributed by atoms with van der Waals surface area (Å²) in [5.41, 5.74) is 7.61. The molecule has 2 aliphatic heterocycles. The van der Waals surface area contributed by atoms with Crippen LogP contribution in [0.15, 0.2) is 6.20 Å². The lowest BCUT2D eigenvalue weighted by Gasteiger charge is -2.36. The Labute approximate surface area is 82.7 Å². The maximum atomic E-state index is 6.22. The summed E-state index contributed by atoms with van der Waals surface area (Å²) in [5.74, 6) is 0. The van der Waals surface area contributed by atoms with Crippen LogP contribution in [0.1, 0.15) is 18.5 Å². The van der Waals surface area contributed by atoms with Crippen LogP contribution in [0.25, 0.3) is 0 Å². The van der Waals surface area contributed by atoms with Crippen molar-refractivity contribution in [3.05, 3.63) is 11.9 Å². The van der Waals surface area contributed by atoms with E-state index in [0.29, 0.717) is 0 Å². The van der Waals surface area contributed by atoms with E-state index in [2.05, 4.69) is 15.6 Å². The van der Waals surface area contributed by atoms with Gasteiger partial charge >= 0.3 is 0 Å². The standard InChI is InChI=1S/C9H15N5/c10-7-6-14-8(5-12-13-14)9(7)1-3-11-4-2-9/h5,7,11H,1-4,6,10H2/t7-/m1/s1. The molecule has 0 aliphatic carbocycles. The molecule has 3 heterocycles. The maximum Gasteiger partial charge on any atom is 0.0731 e. The number of piperidine rings is 1. The quantitative estimate of drug-likeness (QED) is 0.568. The summed E-state index contributed by atoms with van der Waals surface area (Å²) in [6, 6.07) is 0.218. The van der Waals surface area contributed by atoms with E-state index in [1.165, 1.54) is 5.69 Å². The van der Waals surface area contributed by atoms with Gasteiger partial charge in [0.15, 0.2) is 0 Å². The summed E-state index contributed by atoms with van der Waals surface area (Å²) in [7, 11) is 0. The van der Waals surface area contributed by atoms with Crippen LogP contribution in [0.3, 0.4) is 0 Å². The largest absolute Gasteiger partial charge is 0.325 e. The second kappa shape index (κ2) is 2.77. The Bertz CT molecular complexity index is 339. The van der Waals surface area contributed by atoms with Crippen LogP contribution >= 0.6 is 0 Å². The van der Waals surface area contributed by atoms with Gasteiger partial charge in [0.2, 0.25) is 0 Å². The fraction of sp³-hybridized carbons (Fsp3) is 0.778. The van der Waals surface area contributed by atoms with Gasteiger partial charge in [-0.2, -0.15) is 0 Å². The van der Waals surface area contributed by atoms with Crippen LogP contribution in [-0.2, 0) is 12.0 Å². The number of nitrogens with one attached hydrogen (secondary N) is 1. The number of fused-ring (bicyclic) bond motifs is 2. The Hall–Kier alpha value is -0.940. The Morgan fingerprint density at radius 1 is 1.50 bits per heavy atom. The third kappa shape index (κ3) is 0.911. The first-order valence-corrected chi connectivity index (χ1v) is 5.18. The van der Waals surface area contributed by atoms with Gasteiger partial charge in [-0.15, -0.1) is 5.10 Å². The van der Waals surface area contributed by atoms with Gasteiger partial charge in [-0.05, 0) is 25.9 Å². The van der Waals surface area contributed by atoms with E-state index < -0.39 is 0 Å². The first-order valence-electron chi connectivity index (χ1n) is 5.18. The zero-order valence-corrected chi connectivity index (χ0v) is 8.11. The molecular weight excluding hydrogens is 178 g/mol. The van der Waals surface area contributed by atoms with E-state index in [9.17, 15) is 0 Å². The minimum atomic E-state index is 0.148. The summed E-state index contributed by atoms with van der Waals surface area (Å²) in [6.07, 6.45) is 4.11. The molecule has 1 saturated heterocycles. The second-order valence-electron chi connectivity index (χ2n) is 4.31. The molecule has 0 bridgehead atoms. The molecule has 1 aromatic rings. The van der Waals surface area contributed by atoms with Gasteiger partial charge in [0, 0.05) is 11.5 Å².